The monoisotopic (exact) mass is 547 g/mol. The van der Waals surface area contributed by atoms with Gasteiger partial charge < -0.3 is 28.7 Å². The zero-order valence-corrected chi connectivity index (χ0v) is 22.8. The molecule has 0 bridgehead atoms. The van der Waals surface area contributed by atoms with E-state index < -0.39 is 5.97 Å². The van der Waals surface area contributed by atoms with Crippen LogP contribution in [0.5, 0.6) is 17.2 Å². The molecule has 2 heterocycles. The van der Waals surface area contributed by atoms with Gasteiger partial charge in [0.25, 0.3) is 5.22 Å². The number of carbonyl (C=O) groups excluding carboxylic acids is 2. The van der Waals surface area contributed by atoms with Gasteiger partial charge in [-0.05, 0) is 50.3 Å². The molecule has 1 aromatic carbocycles. The maximum atomic E-state index is 12.8. The third kappa shape index (κ3) is 6.02. The number of methoxy groups -OCH3 is 3. The molecule has 198 valence electrons. The Balaban J connectivity index is 1.46. The van der Waals surface area contributed by atoms with Crippen molar-refractivity contribution in [3.05, 3.63) is 28.1 Å². The summed E-state index contributed by atoms with van der Waals surface area (Å²) < 4.78 is 27.1. The Labute approximate surface area is 223 Å². The molecule has 0 aliphatic heterocycles. The van der Waals surface area contributed by atoms with Gasteiger partial charge in [-0.15, -0.1) is 21.5 Å². The van der Waals surface area contributed by atoms with Crippen molar-refractivity contribution in [3.63, 3.8) is 0 Å². The number of thiophene rings is 1. The van der Waals surface area contributed by atoms with Crippen molar-refractivity contribution in [2.24, 2.45) is 0 Å². The number of aryl methyl sites for hydroxylation is 1. The summed E-state index contributed by atoms with van der Waals surface area (Å²) in [6.45, 7) is 2.05. The molecule has 3 aromatic rings. The van der Waals surface area contributed by atoms with Gasteiger partial charge in [-0.25, -0.2) is 4.79 Å². The van der Waals surface area contributed by atoms with Crippen LogP contribution in [0.25, 0.3) is 11.5 Å². The molecule has 0 saturated carbocycles. The summed E-state index contributed by atoms with van der Waals surface area (Å²) in [5, 5.41) is 11.8. The van der Waals surface area contributed by atoms with Crippen molar-refractivity contribution in [1.29, 1.82) is 0 Å². The molecule has 0 unspecified atom stereocenters. The van der Waals surface area contributed by atoms with Crippen LogP contribution < -0.4 is 19.5 Å². The Morgan fingerprint density at radius 1 is 1.05 bits per heavy atom. The molecule has 2 aromatic heterocycles. The predicted octanol–water partition coefficient (Wildman–Crippen LogP) is 5.00. The van der Waals surface area contributed by atoms with Crippen LogP contribution in [0.1, 0.15) is 47.0 Å². The highest BCUT2D eigenvalue weighted by molar-refractivity contribution is 7.99. The number of hydrogen-bond donors (Lipinski definition) is 1. The molecule has 0 atom stereocenters. The number of esters is 1. The number of anilines is 1. The van der Waals surface area contributed by atoms with Crippen LogP contribution in [0, 0.1) is 0 Å². The minimum Gasteiger partial charge on any atom is -0.493 e. The zero-order chi connectivity index (χ0) is 26.4. The van der Waals surface area contributed by atoms with Crippen LogP contribution in [0.15, 0.2) is 21.8 Å². The number of hydrogen-bond acceptors (Lipinski definition) is 11. The van der Waals surface area contributed by atoms with Gasteiger partial charge in [0, 0.05) is 10.4 Å². The standard InChI is InChI=1S/C25H29N3O7S2/c1-5-34-24(30)20-15-9-7-6-8-10-18(15)37-23(20)26-19(29)13-36-25-28-27-22(35-25)14-11-16(31-2)21(33-4)17(12-14)32-3/h11-12H,5-10,13H2,1-4H3,(H,26,29). The van der Waals surface area contributed by atoms with E-state index in [9.17, 15) is 9.59 Å². The summed E-state index contributed by atoms with van der Waals surface area (Å²) >= 11 is 2.57. The third-order valence-electron chi connectivity index (χ3n) is 5.80. The molecule has 1 aliphatic rings. The Morgan fingerprint density at radius 2 is 1.78 bits per heavy atom. The average Bonchev–Trinajstić information content (AvgIpc) is 3.44. The van der Waals surface area contributed by atoms with E-state index in [1.54, 1.807) is 19.1 Å². The molecule has 0 radical (unpaired) electrons. The second kappa shape index (κ2) is 12.3. The summed E-state index contributed by atoms with van der Waals surface area (Å²) in [4.78, 5) is 26.7. The first kappa shape index (κ1) is 26.8. The number of rotatable bonds is 10. The van der Waals surface area contributed by atoms with E-state index in [0.717, 1.165) is 54.3 Å². The van der Waals surface area contributed by atoms with E-state index in [1.165, 1.54) is 32.7 Å². The van der Waals surface area contributed by atoms with Crippen molar-refractivity contribution in [2.45, 2.75) is 44.3 Å². The van der Waals surface area contributed by atoms with Crippen LogP contribution in [0.3, 0.4) is 0 Å². The van der Waals surface area contributed by atoms with E-state index in [-0.39, 0.29) is 29.4 Å². The number of fused-ring (bicyclic) bond motifs is 1. The normalized spacial score (nSPS) is 12.9. The number of nitrogens with one attached hydrogen (secondary N) is 1. The summed E-state index contributed by atoms with van der Waals surface area (Å²) in [5.74, 6) is 0.963. The number of nitrogens with zero attached hydrogens (tertiary/aromatic N) is 2. The van der Waals surface area contributed by atoms with Crippen molar-refractivity contribution < 1.29 is 33.0 Å². The number of thioether (sulfide) groups is 1. The molecule has 0 saturated heterocycles. The number of benzene rings is 1. The molecule has 37 heavy (non-hydrogen) atoms. The first-order chi connectivity index (χ1) is 18.0. The summed E-state index contributed by atoms with van der Waals surface area (Å²) in [7, 11) is 4.57. The molecular weight excluding hydrogens is 518 g/mol. The summed E-state index contributed by atoms with van der Waals surface area (Å²) in [6, 6.07) is 3.40. The van der Waals surface area contributed by atoms with Gasteiger partial charge in [0.1, 0.15) is 5.00 Å². The molecular formula is C25H29N3O7S2. The lowest BCUT2D eigenvalue weighted by Crippen LogP contribution is -2.16. The lowest BCUT2D eigenvalue weighted by Gasteiger charge is -2.12. The van der Waals surface area contributed by atoms with Crippen molar-refractivity contribution in [3.8, 4) is 28.7 Å². The Bertz CT molecular complexity index is 1250. The van der Waals surface area contributed by atoms with Gasteiger partial charge in [0.2, 0.25) is 17.5 Å². The molecule has 4 rings (SSSR count). The quantitative estimate of drug-likeness (QED) is 0.211. The highest BCUT2D eigenvalue weighted by Gasteiger charge is 2.27. The van der Waals surface area contributed by atoms with E-state index in [4.69, 9.17) is 23.4 Å². The van der Waals surface area contributed by atoms with Crippen molar-refractivity contribution in [2.75, 3.05) is 39.0 Å². The van der Waals surface area contributed by atoms with Crippen LogP contribution in [-0.4, -0.2) is 55.8 Å². The number of ether oxygens (including phenoxy) is 4. The predicted molar refractivity (Wildman–Crippen MR) is 140 cm³/mol. The largest absolute Gasteiger partial charge is 0.493 e. The highest BCUT2D eigenvalue weighted by Crippen LogP contribution is 2.41. The molecule has 1 amide bonds. The van der Waals surface area contributed by atoms with Crippen molar-refractivity contribution >= 4 is 40.0 Å². The molecule has 10 nitrogen and oxygen atoms in total. The van der Waals surface area contributed by atoms with E-state index in [1.807, 2.05) is 0 Å². The fourth-order valence-electron chi connectivity index (χ4n) is 4.13. The summed E-state index contributed by atoms with van der Waals surface area (Å²) in [5.41, 5.74) is 2.08. The number of carbonyl (C=O) groups is 2. The minimum atomic E-state index is -0.392. The zero-order valence-electron chi connectivity index (χ0n) is 21.2. The first-order valence-electron chi connectivity index (χ1n) is 11.9. The molecule has 0 spiro atoms. The highest BCUT2D eigenvalue weighted by atomic mass is 32.2. The smallest absolute Gasteiger partial charge is 0.341 e. The minimum absolute atomic E-state index is 0.0295. The average molecular weight is 548 g/mol. The van der Waals surface area contributed by atoms with E-state index in [2.05, 4.69) is 15.5 Å². The Kier molecular flexibility index (Phi) is 8.93. The lowest BCUT2D eigenvalue weighted by molar-refractivity contribution is -0.113. The van der Waals surface area contributed by atoms with Crippen molar-refractivity contribution in [1.82, 2.24) is 10.2 Å². The van der Waals surface area contributed by atoms with E-state index in [0.29, 0.717) is 33.4 Å². The fourth-order valence-corrected chi connectivity index (χ4v) is 5.99. The molecule has 1 aliphatic carbocycles. The summed E-state index contributed by atoms with van der Waals surface area (Å²) in [6.07, 6.45) is 4.94. The van der Waals surface area contributed by atoms with Crippen LogP contribution >= 0.6 is 23.1 Å². The Morgan fingerprint density at radius 3 is 2.46 bits per heavy atom. The topological polar surface area (TPSA) is 122 Å². The molecule has 12 heteroatoms. The number of aromatic nitrogens is 2. The first-order valence-corrected chi connectivity index (χ1v) is 13.7. The van der Waals surface area contributed by atoms with Gasteiger partial charge in [0.15, 0.2) is 11.5 Å². The van der Waals surface area contributed by atoms with Crippen LogP contribution in [0.2, 0.25) is 0 Å². The van der Waals surface area contributed by atoms with Crippen LogP contribution in [0.4, 0.5) is 5.00 Å². The van der Waals surface area contributed by atoms with E-state index >= 15 is 0 Å². The third-order valence-corrected chi connectivity index (χ3v) is 7.82. The second-order valence-corrected chi connectivity index (χ2v) is 10.1. The second-order valence-electron chi connectivity index (χ2n) is 8.11. The van der Waals surface area contributed by atoms with Gasteiger partial charge in [-0.1, -0.05) is 18.2 Å². The van der Waals surface area contributed by atoms with Gasteiger partial charge >= 0.3 is 5.97 Å². The molecule has 1 N–H and O–H groups in total. The van der Waals surface area contributed by atoms with Crippen LogP contribution in [-0.2, 0) is 22.4 Å². The Hall–Kier alpha value is -3.25. The maximum absolute atomic E-state index is 12.8. The lowest BCUT2D eigenvalue weighted by atomic mass is 10.1. The van der Waals surface area contributed by atoms with Gasteiger partial charge in [0.05, 0.1) is 39.3 Å². The number of amides is 1. The van der Waals surface area contributed by atoms with Gasteiger partial charge in [-0.3, -0.25) is 4.79 Å². The van der Waals surface area contributed by atoms with Gasteiger partial charge in [-0.2, -0.15) is 0 Å². The SMILES string of the molecule is CCOC(=O)c1c(NC(=O)CSc2nnc(-c3cc(OC)c(OC)c(OC)c3)o2)sc2c1CCCCC2. The maximum Gasteiger partial charge on any atom is 0.341 e. The fraction of sp³-hybridized carbons (Fsp3) is 0.440. The molecule has 0 fully saturated rings.